The van der Waals surface area contributed by atoms with E-state index in [1.54, 1.807) is 0 Å². The van der Waals surface area contributed by atoms with E-state index < -0.39 is 60.2 Å². The van der Waals surface area contributed by atoms with Crippen molar-refractivity contribution in [3.05, 3.63) is 0 Å². The summed E-state index contributed by atoms with van der Waals surface area (Å²) < 4.78 is 71.0. The van der Waals surface area contributed by atoms with E-state index >= 15 is 0 Å². The van der Waals surface area contributed by atoms with Crippen LogP contribution in [0.2, 0.25) is 0 Å². The van der Waals surface area contributed by atoms with Gasteiger partial charge in [-0.05, 0) is 51.4 Å². The molecule has 0 aromatic rings. The SMILES string of the molecule is CCCCCCCCCCCCCCC(=O)NC(COCC[C@@H](CCCCCCC)OC(=O)CCCCCCCCCCCC)COP(=O)([O-])OCCNC(=O)NCCOP(=O)([O-])OCC(COCC[C@@H](CCCCCCC)OC(=O)CCCCCCCCCCC)NC(=O)CCCCCCCCCCCCC.[Na+].[Na+]. The Morgan fingerprint density at radius 3 is 0.791 bits per heavy atom. The standard InChI is InChI=1S/C85H168N4O17P2.2Na/c1-7-13-19-25-29-33-36-38-41-44-50-56-62-82(91)89-78(74-100-70-66-80(60-54-48-24-18-12-6)106-84(93)64-58-52-46-42-35-31-27-21-15-9-3)76-104-108(97,98)102-72-68-87-85(94)86-67-71-101-107(95,96)103-75-77(88-81(90)61-55-49-43-40-37-34-30-26-20-14-8-2)73-99-69-65-79(59-53-47-23-17-11-5)105-83(92)63-57-51-45-39-32-28-22-16-10-4;;/h77-80H,7-76H2,1-6H3,(H,88,90)(H,89,91)(H,95,96)(H,97,98)(H2,86,87,94);;/q;2*+1/p-2/t77?,78?,79-,80-;;/m1../s1. The normalized spacial score (nSPS) is 13.6. The van der Waals surface area contributed by atoms with Crippen LogP contribution in [0.25, 0.3) is 0 Å². The van der Waals surface area contributed by atoms with E-state index in [9.17, 15) is 42.9 Å². The van der Waals surface area contributed by atoms with Crippen LogP contribution in [0, 0.1) is 0 Å². The number of carbonyl (C=O) groups excluding carboxylic acids is 5. The number of amides is 4. The van der Waals surface area contributed by atoms with Crippen molar-refractivity contribution >= 4 is 45.4 Å². The average molecular weight is 1620 g/mol. The van der Waals surface area contributed by atoms with Gasteiger partial charge in [-0.15, -0.1) is 0 Å². The Morgan fingerprint density at radius 1 is 0.291 bits per heavy atom. The third-order valence-corrected chi connectivity index (χ3v) is 21.9. The van der Waals surface area contributed by atoms with Gasteiger partial charge in [0.2, 0.25) is 11.8 Å². The Morgan fingerprint density at radius 2 is 0.527 bits per heavy atom. The molecule has 0 aromatic carbocycles. The molecule has 0 aliphatic rings. The number of urea groups is 1. The predicted molar refractivity (Wildman–Crippen MR) is 437 cm³/mol. The third-order valence-electron chi connectivity index (χ3n) is 20.0. The first-order chi connectivity index (χ1) is 52.5. The molecule has 0 saturated carbocycles. The second-order valence-electron chi connectivity index (χ2n) is 30.7. The van der Waals surface area contributed by atoms with Gasteiger partial charge in [0.1, 0.15) is 12.2 Å². The topological polar surface area (TPSA) is 288 Å². The fraction of sp³-hybridized carbons (Fsp3) is 0.941. The summed E-state index contributed by atoms with van der Waals surface area (Å²) in [6.07, 6.45) is 62.2. The molecule has 4 amide bonds. The second kappa shape index (κ2) is 86.1. The summed E-state index contributed by atoms with van der Waals surface area (Å²) in [5.41, 5.74) is 0. The fourth-order valence-corrected chi connectivity index (χ4v) is 14.8. The molecule has 110 heavy (non-hydrogen) atoms. The number of hydrogen-bond acceptors (Lipinski definition) is 17. The number of ether oxygens (including phenoxy) is 4. The number of esters is 2. The number of unbranched alkanes of at least 4 members (excludes halogenated alkanes) is 46. The van der Waals surface area contributed by atoms with Gasteiger partial charge in [-0.25, -0.2) is 4.79 Å². The van der Waals surface area contributed by atoms with Gasteiger partial charge < -0.3 is 68.1 Å². The summed E-state index contributed by atoms with van der Waals surface area (Å²) in [5, 5.41) is 10.7. The Labute approximate surface area is 717 Å². The van der Waals surface area contributed by atoms with Crippen LogP contribution in [0.3, 0.4) is 0 Å². The Bertz CT molecular complexity index is 2150. The van der Waals surface area contributed by atoms with Crippen LogP contribution in [0.4, 0.5) is 4.79 Å². The van der Waals surface area contributed by atoms with Gasteiger partial charge in [0.25, 0.3) is 15.6 Å². The zero-order valence-corrected chi connectivity index (χ0v) is 77.9. The van der Waals surface area contributed by atoms with Crippen molar-refractivity contribution < 1.29 is 139 Å². The Kier molecular flexibility index (Phi) is 88.8. The smallest absolute Gasteiger partial charge is 0.756 e. The zero-order chi connectivity index (χ0) is 79.2. The van der Waals surface area contributed by atoms with Crippen molar-refractivity contribution in [3.8, 4) is 0 Å². The molecule has 0 fully saturated rings. The molecule has 25 heteroatoms. The maximum atomic E-state index is 13.3. The first kappa shape index (κ1) is 113. The molecule has 0 rings (SSSR count). The number of nitrogens with one attached hydrogen (secondary N) is 4. The van der Waals surface area contributed by atoms with E-state index in [0.29, 0.717) is 51.4 Å². The monoisotopic (exact) mass is 1620 g/mol. The van der Waals surface area contributed by atoms with E-state index in [-0.39, 0.29) is 147 Å². The third kappa shape index (κ3) is 82.4. The van der Waals surface area contributed by atoms with Crippen LogP contribution >= 0.6 is 15.6 Å². The van der Waals surface area contributed by atoms with E-state index in [1.807, 2.05) is 0 Å². The van der Waals surface area contributed by atoms with Gasteiger partial charge in [0.15, 0.2) is 0 Å². The molecule has 0 radical (unpaired) electrons. The summed E-state index contributed by atoms with van der Waals surface area (Å²) in [6.45, 7) is 11.1. The van der Waals surface area contributed by atoms with Gasteiger partial charge in [-0.3, -0.25) is 28.3 Å². The number of rotatable bonds is 86. The molecule has 0 bridgehead atoms. The molecular weight excluding hydrogens is 1460 g/mol. The second-order valence-corrected chi connectivity index (χ2v) is 33.5. The maximum Gasteiger partial charge on any atom is 1.00 e. The van der Waals surface area contributed by atoms with Crippen molar-refractivity contribution in [2.75, 3.05) is 65.9 Å². The molecule has 0 heterocycles. The van der Waals surface area contributed by atoms with Gasteiger partial charge in [-0.1, -0.05) is 337 Å². The van der Waals surface area contributed by atoms with E-state index in [0.717, 1.165) is 141 Å². The van der Waals surface area contributed by atoms with Gasteiger partial charge >= 0.3 is 77.1 Å². The van der Waals surface area contributed by atoms with Crippen molar-refractivity contribution in [1.82, 2.24) is 21.3 Å². The molecule has 0 aliphatic heterocycles. The van der Waals surface area contributed by atoms with Crippen LogP contribution in [0.5, 0.6) is 0 Å². The van der Waals surface area contributed by atoms with Gasteiger partial charge in [-0.2, -0.15) is 0 Å². The molecular formula is C85H166N4Na2O17P2. The first-order valence-electron chi connectivity index (χ1n) is 44.9. The molecule has 0 spiro atoms. The van der Waals surface area contributed by atoms with Crippen molar-refractivity contribution in [2.24, 2.45) is 0 Å². The fourth-order valence-electron chi connectivity index (χ4n) is 13.3. The minimum Gasteiger partial charge on any atom is -0.756 e. The minimum absolute atomic E-state index is 0. The molecule has 0 aromatic heterocycles. The Hall–Kier alpha value is -0.710. The van der Waals surface area contributed by atoms with Crippen LogP contribution in [-0.4, -0.2) is 120 Å². The van der Waals surface area contributed by atoms with Crippen LogP contribution in [0.15, 0.2) is 0 Å². The molecule has 0 aliphatic carbocycles. The molecule has 4 unspecified atom stereocenters. The number of hydrogen-bond donors (Lipinski definition) is 4. The molecule has 6 atom stereocenters. The molecule has 0 saturated heterocycles. The molecule has 4 N–H and O–H groups in total. The number of phosphoric ester groups is 2. The van der Waals surface area contributed by atoms with Crippen LogP contribution in [0.1, 0.15) is 427 Å². The summed E-state index contributed by atoms with van der Waals surface area (Å²) in [5.74, 6) is -0.908. The molecule has 640 valence electrons. The quantitative estimate of drug-likeness (QED) is 0.0190. The van der Waals surface area contributed by atoms with E-state index in [2.05, 4.69) is 62.8 Å². The van der Waals surface area contributed by atoms with Crippen molar-refractivity contribution in [3.63, 3.8) is 0 Å². The van der Waals surface area contributed by atoms with E-state index in [1.165, 1.54) is 180 Å². The van der Waals surface area contributed by atoms with E-state index in [4.69, 9.17) is 37.0 Å². The predicted octanol–water partition coefficient (Wildman–Crippen LogP) is 15.6. The number of phosphoric acid groups is 2. The van der Waals surface area contributed by atoms with Gasteiger partial charge in [0, 0.05) is 51.6 Å². The van der Waals surface area contributed by atoms with Crippen molar-refractivity contribution in [2.45, 2.75) is 451 Å². The average Bonchev–Trinajstić information content (AvgIpc) is 0.913. The Balaban J connectivity index is -0.0000572. The van der Waals surface area contributed by atoms with Crippen LogP contribution in [-0.2, 0) is 65.4 Å². The van der Waals surface area contributed by atoms with Gasteiger partial charge in [0.05, 0.1) is 64.9 Å². The minimum atomic E-state index is -4.96. The van der Waals surface area contributed by atoms with Crippen LogP contribution < -0.4 is 90.2 Å². The summed E-state index contributed by atoms with van der Waals surface area (Å²) >= 11 is 0. The zero-order valence-electron chi connectivity index (χ0n) is 72.1. The summed E-state index contributed by atoms with van der Waals surface area (Å²) in [6, 6.07) is -2.45. The summed E-state index contributed by atoms with van der Waals surface area (Å²) in [7, 11) is -9.92. The van der Waals surface area contributed by atoms with Crippen molar-refractivity contribution in [1.29, 1.82) is 0 Å². The number of carbonyl (C=O) groups is 5. The maximum absolute atomic E-state index is 13.3. The summed E-state index contributed by atoms with van der Waals surface area (Å²) in [4.78, 5) is 91.6. The first-order valence-corrected chi connectivity index (χ1v) is 47.8. The molecule has 21 nitrogen and oxygen atoms in total. The largest absolute Gasteiger partial charge is 1.00 e.